The minimum Gasteiger partial charge on any atom is -0.485 e. The lowest BCUT2D eigenvalue weighted by molar-refractivity contribution is -0.129. The van der Waals surface area contributed by atoms with Gasteiger partial charge >= 0.3 is 0 Å². The number of carbonyl (C=O) groups excluding carboxylic acids is 1. The first kappa shape index (κ1) is 18.4. The quantitative estimate of drug-likeness (QED) is 0.715. The van der Waals surface area contributed by atoms with E-state index in [1.807, 2.05) is 60.8 Å². The zero-order chi connectivity index (χ0) is 20.7. The van der Waals surface area contributed by atoms with Gasteiger partial charge in [0.1, 0.15) is 17.4 Å². The van der Waals surface area contributed by atoms with Gasteiger partial charge in [-0.15, -0.1) is 0 Å². The average Bonchev–Trinajstić information content (AvgIpc) is 2.78. The van der Waals surface area contributed by atoms with Crippen molar-refractivity contribution in [1.29, 1.82) is 0 Å². The third-order valence-corrected chi connectivity index (χ3v) is 5.93. The number of carbonyl (C=O) groups is 1. The summed E-state index contributed by atoms with van der Waals surface area (Å²) >= 11 is 0. The summed E-state index contributed by atoms with van der Waals surface area (Å²) in [6.45, 7) is 0. The van der Waals surface area contributed by atoms with Gasteiger partial charge in [0.05, 0.1) is 6.42 Å². The Morgan fingerprint density at radius 2 is 1.93 bits per heavy atom. The number of amides is 1. The van der Waals surface area contributed by atoms with Crippen molar-refractivity contribution in [2.24, 2.45) is 10.7 Å². The molecular weight excluding hydrogens is 376 g/mol. The Hall–Kier alpha value is -3.67. The van der Waals surface area contributed by atoms with E-state index in [4.69, 9.17) is 15.5 Å². The maximum Gasteiger partial charge on any atom is 0.231 e. The fourth-order valence-corrected chi connectivity index (χ4v) is 4.28. The topological polar surface area (TPSA) is 80.8 Å². The van der Waals surface area contributed by atoms with Crippen LogP contribution in [0.1, 0.15) is 30.1 Å². The Bertz CT molecular complexity index is 1130. The molecule has 5 rings (SSSR count). The van der Waals surface area contributed by atoms with Crippen molar-refractivity contribution >= 4 is 11.9 Å². The van der Waals surface area contributed by atoms with Crippen molar-refractivity contribution in [2.45, 2.75) is 24.5 Å². The normalized spacial score (nSPS) is 23.0. The minimum absolute atomic E-state index is 0.0473. The van der Waals surface area contributed by atoms with E-state index in [9.17, 15) is 4.79 Å². The van der Waals surface area contributed by atoms with E-state index >= 15 is 0 Å². The van der Waals surface area contributed by atoms with Crippen molar-refractivity contribution in [3.8, 4) is 16.9 Å². The van der Waals surface area contributed by atoms with E-state index in [-0.39, 0.29) is 24.4 Å². The van der Waals surface area contributed by atoms with Gasteiger partial charge in [-0.05, 0) is 29.3 Å². The highest BCUT2D eigenvalue weighted by Crippen LogP contribution is 2.51. The van der Waals surface area contributed by atoms with Crippen molar-refractivity contribution in [3.05, 3.63) is 84.2 Å². The Morgan fingerprint density at radius 1 is 1.10 bits per heavy atom. The summed E-state index contributed by atoms with van der Waals surface area (Å²) in [7, 11) is 1.66. The number of hydrogen-bond acceptors (Lipinski definition) is 5. The van der Waals surface area contributed by atoms with Gasteiger partial charge in [0.25, 0.3) is 0 Å². The van der Waals surface area contributed by atoms with Crippen LogP contribution in [0.3, 0.4) is 0 Å². The van der Waals surface area contributed by atoms with Crippen LogP contribution in [0.4, 0.5) is 0 Å². The molecule has 2 aromatic carbocycles. The zero-order valence-electron chi connectivity index (χ0n) is 16.7. The second-order valence-electron chi connectivity index (χ2n) is 7.81. The van der Waals surface area contributed by atoms with E-state index in [1.54, 1.807) is 13.2 Å². The molecule has 0 saturated heterocycles. The molecule has 2 atom stereocenters. The number of guanidine groups is 1. The summed E-state index contributed by atoms with van der Waals surface area (Å²) < 4.78 is 6.38. The number of hydrogen-bond donors (Lipinski definition) is 1. The van der Waals surface area contributed by atoms with Crippen LogP contribution in [0.5, 0.6) is 5.75 Å². The monoisotopic (exact) mass is 398 g/mol. The molecule has 1 aromatic heterocycles. The van der Waals surface area contributed by atoms with Gasteiger partial charge < -0.3 is 10.5 Å². The van der Waals surface area contributed by atoms with E-state index in [0.717, 1.165) is 28.0 Å². The van der Waals surface area contributed by atoms with E-state index in [1.165, 1.54) is 4.90 Å². The molecule has 1 spiro atoms. The molecule has 1 amide bonds. The standard InChI is InChI=1S/C24H22N4O2/c1-28-22(29)14-24(27-23(28)25)13-21(16-6-3-2-4-7-16)30-20-10-9-17(12-19(20)24)18-8-5-11-26-15-18/h2-12,15,21H,13-14H2,1H3,(H2,25,27)/t21-,24+/m1/s1. The molecule has 0 fully saturated rings. The van der Waals surface area contributed by atoms with Crippen LogP contribution in [-0.2, 0) is 10.3 Å². The second-order valence-corrected chi connectivity index (χ2v) is 7.81. The molecule has 2 aliphatic rings. The summed E-state index contributed by atoms with van der Waals surface area (Å²) in [5.41, 5.74) is 9.35. The number of ether oxygens (including phenoxy) is 1. The molecule has 0 radical (unpaired) electrons. The highest BCUT2D eigenvalue weighted by Gasteiger charge is 2.47. The molecule has 2 aliphatic heterocycles. The fraction of sp³-hybridized carbons (Fsp3) is 0.208. The molecule has 30 heavy (non-hydrogen) atoms. The number of fused-ring (bicyclic) bond motifs is 2. The predicted octanol–water partition coefficient (Wildman–Crippen LogP) is 3.64. The lowest BCUT2D eigenvalue weighted by atomic mass is 9.76. The van der Waals surface area contributed by atoms with E-state index in [0.29, 0.717) is 6.42 Å². The molecular formula is C24H22N4O2. The average molecular weight is 398 g/mol. The van der Waals surface area contributed by atoms with Gasteiger partial charge in [0.2, 0.25) is 5.91 Å². The van der Waals surface area contributed by atoms with Crippen LogP contribution >= 0.6 is 0 Å². The van der Waals surface area contributed by atoms with Gasteiger partial charge in [-0.25, -0.2) is 4.99 Å². The highest BCUT2D eigenvalue weighted by molar-refractivity contribution is 5.99. The van der Waals surface area contributed by atoms with Crippen molar-refractivity contribution < 1.29 is 9.53 Å². The molecule has 0 aliphatic carbocycles. The molecule has 150 valence electrons. The number of benzene rings is 2. The lowest BCUT2D eigenvalue weighted by Crippen LogP contribution is -2.50. The van der Waals surface area contributed by atoms with Crippen LogP contribution in [0, 0.1) is 0 Å². The molecule has 3 heterocycles. The number of nitrogens with zero attached hydrogens (tertiary/aromatic N) is 3. The van der Waals surface area contributed by atoms with Gasteiger partial charge in [-0.2, -0.15) is 0 Å². The maximum atomic E-state index is 12.8. The third-order valence-electron chi connectivity index (χ3n) is 5.93. The Kier molecular flexibility index (Phi) is 4.28. The van der Waals surface area contributed by atoms with E-state index in [2.05, 4.69) is 11.1 Å². The predicted molar refractivity (Wildman–Crippen MR) is 115 cm³/mol. The highest BCUT2D eigenvalue weighted by atomic mass is 16.5. The van der Waals surface area contributed by atoms with Crippen LogP contribution in [0.15, 0.2) is 78.0 Å². The molecule has 0 bridgehead atoms. The number of aliphatic imine (C=N–C) groups is 1. The summed E-state index contributed by atoms with van der Waals surface area (Å²) in [5.74, 6) is 0.920. The summed E-state index contributed by atoms with van der Waals surface area (Å²) in [6, 6.07) is 20.0. The second kappa shape index (κ2) is 6.99. The first-order valence-corrected chi connectivity index (χ1v) is 9.94. The minimum atomic E-state index is -0.764. The van der Waals surface area contributed by atoms with E-state index < -0.39 is 5.54 Å². The van der Waals surface area contributed by atoms with Gasteiger partial charge in [-0.1, -0.05) is 42.5 Å². The first-order valence-electron chi connectivity index (χ1n) is 9.94. The van der Waals surface area contributed by atoms with Crippen LogP contribution in [0.2, 0.25) is 0 Å². The first-order chi connectivity index (χ1) is 14.6. The molecule has 3 aromatic rings. The van der Waals surface area contributed by atoms with Gasteiger partial charge in [-0.3, -0.25) is 14.7 Å². The molecule has 6 nitrogen and oxygen atoms in total. The van der Waals surface area contributed by atoms with Crippen molar-refractivity contribution in [2.75, 3.05) is 7.05 Å². The van der Waals surface area contributed by atoms with Crippen molar-refractivity contribution in [3.63, 3.8) is 0 Å². The smallest absolute Gasteiger partial charge is 0.231 e. The molecule has 2 N–H and O–H groups in total. The number of pyridine rings is 1. The van der Waals surface area contributed by atoms with Crippen LogP contribution in [-0.4, -0.2) is 28.8 Å². The maximum absolute atomic E-state index is 12.8. The Labute approximate surface area is 175 Å². The molecule has 0 unspecified atom stereocenters. The molecule has 6 heteroatoms. The van der Waals surface area contributed by atoms with Crippen LogP contribution in [0.25, 0.3) is 11.1 Å². The molecule has 0 saturated carbocycles. The number of aromatic nitrogens is 1. The summed E-state index contributed by atoms with van der Waals surface area (Å²) in [5, 5.41) is 0. The SMILES string of the molecule is CN1C(=O)C[C@]2(C[C@H](c3ccccc3)Oc3ccc(-c4cccnc4)cc32)N=C1N. The summed E-state index contributed by atoms with van der Waals surface area (Å²) in [4.78, 5) is 23.3. The third kappa shape index (κ3) is 3.01. The fourth-order valence-electron chi connectivity index (χ4n) is 4.28. The number of rotatable bonds is 2. The summed E-state index contributed by atoms with van der Waals surface area (Å²) in [6.07, 6.45) is 4.15. The lowest BCUT2D eigenvalue weighted by Gasteiger charge is -2.43. The largest absolute Gasteiger partial charge is 0.485 e. The zero-order valence-corrected chi connectivity index (χ0v) is 16.7. The van der Waals surface area contributed by atoms with Crippen LogP contribution < -0.4 is 10.5 Å². The Balaban J connectivity index is 1.67. The van der Waals surface area contributed by atoms with Gasteiger partial charge in [0.15, 0.2) is 5.96 Å². The Morgan fingerprint density at radius 3 is 2.67 bits per heavy atom. The van der Waals surface area contributed by atoms with Crippen molar-refractivity contribution in [1.82, 2.24) is 9.88 Å². The number of nitrogens with two attached hydrogens (primary N) is 1. The van der Waals surface area contributed by atoms with Gasteiger partial charge in [0, 0.05) is 37.0 Å².